The monoisotopic (exact) mass is 260 g/mol. The van der Waals surface area contributed by atoms with Crippen LogP contribution >= 0.6 is 12.4 Å². The van der Waals surface area contributed by atoms with Crippen molar-refractivity contribution in [2.75, 3.05) is 34.3 Å². The van der Waals surface area contributed by atoms with Crippen LogP contribution in [0.2, 0.25) is 0 Å². The summed E-state index contributed by atoms with van der Waals surface area (Å²) >= 11 is 0. The number of nitrogens with two attached hydrogens (primary N) is 1. The molecule has 0 fully saturated rings. The maximum absolute atomic E-state index is 11.0. The van der Waals surface area contributed by atoms with Gasteiger partial charge in [0.05, 0.1) is 46.8 Å². The highest BCUT2D eigenvalue weighted by Gasteiger charge is 2.17. The van der Waals surface area contributed by atoms with Crippen LogP contribution in [0.4, 0.5) is 0 Å². The topological polar surface area (TPSA) is 52.3 Å². The normalized spacial score (nSPS) is 12.1. The fraction of sp³-hybridized carbons (Fsp3) is 0.889. The van der Waals surface area contributed by atoms with Crippen molar-refractivity contribution in [2.45, 2.75) is 19.4 Å². The van der Waals surface area contributed by atoms with Gasteiger partial charge < -0.3 is 27.4 Å². The van der Waals surface area contributed by atoms with Gasteiger partial charge in [0, 0.05) is 0 Å². The van der Waals surface area contributed by atoms with E-state index in [1.807, 2.05) is 21.1 Å². The Bertz CT molecular complexity index is 172. The predicted molar refractivity (Wildman–Crippen MR) is 59.4 cm³/mol. The molecule has 4 nitrogen and oxygen atoms in total. The second kappa shape index (κ2) is 9.21. The first-order chi connectivity index (χ1) is 5.85. The first-order valence-electron chi connectivity index (χ1n) is 4.57. The molecular formula is C9H22Cl2N2O2. The highest BCUT2D eigenvalue weighted by Crippen LogP contribution is 1.98. The van der Waals surface area contributed by atoms with Crippen LogP contribution in [0.1, 0.15) is 13.3 Å². The van der Waals surface area contributed by atoms with Gasteiger partial charge in [-0.15, -0.1) is 12.4 Å². The number of carbonyl (C=O) groups is 1. The van der Waals surface area contributed by atoms with E-state index in [-0.39, 0.29) is 36.8 Å². The lowest BCUT2D eigenvalue weighted by Crippen LogP contribution is -3.00. The van der Waals surface area contributed by atoms with Gasteiger partial charge in [-0.2, -0.15) is 0 Å². The highest BCUT2D eigenvalue weighted by molar-refractivity contribution is 5.85. The number of likely N-dealkylation sites (N-methyl/N-ethyl adjacent to an activating group) is 1. The van der Waals surface area contributed by atoms with Crippen molar-refractivity contribution < 1.29 is 26.4 Å². The molecule has 0 heterocycles. The fourth-order valence-corrected chi connectivity index (χ4v) is 1.20. The van der Waals surface area contributed by atoms with Gasteiger partial charge in [-0.1, -0.05) is 0 Å². The number of hydrogen-bond acceptors (Lipinski definition) is 3. The molecule has 0 saturated carbocycles. The van der Waals surface area contributed by atoms with E-state index in [1.54, 1.807) is 6.92 Å². The molecule has 0 radical (unpaired) electrons. The number of quaternary nitrogens is 1. The van der Waals surface area contributed by atoms with Gasteiger partial charge in [-0.25, -0.2) is 0 Å². The van der Waals surface area contributed by atoms with Gasteiger partial charge in [0.2, 0.25) is 0 Å². The number of hydrogen-bond donors (Lipinski definition) is 1. The lowest BCUT2D eigenvalue weighted by molar-refractivity contribution is -0.871. The van der Waals surface area contributed by atoms with Gasteiger partial charge in [0.25, 0.3) is 0 Å². The quantitative estimate of drug-likeness (QED) is 0.436. The van der Waals surface area contributed by atoms with Gasteiger partial charge in [0.1, 0.15) is 0 Å². The predicted octanol–water partition coefficient (Wildman–Crippen LogP) is -2.60. The molecule has 0 unspecified atom stereocenters. The fourth-order valence-electron chi connectivity index (χ4n) is 1.20. The molecule has 0 aliphatic rings. The summed E-state index contributed by atoms with van der Waals surface area (Å²) in [6.07, 6.45) is 0.309. The molecule has 94 valence electrons. The van der Waals surface area contributed by atoms with E-state index in [4.69, 9.17) is 10.5 Å². The van der Waals surface area contributed by atoms with Gasteiger partial charge >= 0.3 is 5.97 Å². The summed E-state index contributed by atoms with van der Waals surface area (Å²) < 4.78 is 5.57. The summed E-state index contributed by atoms with van der Waals surface area (Å²) in [4.78, 5) is 11.0. The van der Waals surface area contributed by atoms with Crippen molar-refractivity contribution in [1.82, 2.24) is 0 Å². The Morgan fingerprint density at radius 3 is 2.20 bits per heavy atom. The molecule has 0 aliphatic heterocycles. The van der Waals surface area contributed by atoms with E-state index >= 15 is 0 Å². The van der Waals surface area contributed by atoms with Crippen molar-refractivity contribution in [3.63, 3.8) is 0 Å². The van der Waals surface area contributed by atoms with Crippen LogP contribution in [-0.2, 0) is 9.53 Å². The smallest absolute Gasteiger partial charge is 0.307 e. The molecule has 15 heavy (non-hydrogen) atoms. The Labute approximate surface area is 105 Å². The standard InChI is InChI=1S/C9H21N2O2.2ClH/c1-5-13-9(12)6-8(10)7-11(2,3)4;;/h8H,5-7,10H2,1-4H3;2*1H/q+1;;/p-1/t8-;;/m1../s1. The van der Waals surface area contributed by atoms with E-state index in [0.717, 1.165) is 11.0 Å². The number of halogens is 2. The van der Waals surface area contributed by atoms with Crippen LogP contribution < -0.4 is 18.1 Å². The molecule has 2 N–H and O–H groups in total. The first-order valence-corrected chi connectivity index (χ1v) is 4.57. The number of esters is 1. The average molecular weight is 261 g/mol. The van der Waals surface area contributed by atoms with Crippen LogP contribution in [0.5, 0.6) is 0 Å². The summed E-state index contributed by atoms with van der Waals surface area (Å²) in [5, 5.41) is 0. The zero-order valence-electron chi connectivity index (χ0n) is 9.83. The molecule has 1 atom stereocenters. The van der Waals surface area contributed by atoms with Crippen LogP contribution in [0.25, 0.3) is 0 Å². The summed E-state index contributed by atoms with van der Waals surface area (Å²) in [5.41, 5.74) is 5.77. The van der Waals surface area contributed by atoms with E-state index in [1.165, 1.54) is 0 Å². The first kappa shape index (κ1) is 20.4. The molecule has 0 aromatic carbocycles. The largest absolute Gasteiger partial charge is 1.00 e. The average Bonchev–Trinajstić information content (AvgIpc) is 1.81. The van der Waals surface area contributed by atoms with Crippen molar-refractivity contribution in [2.24, 2.45) is 5.73 Å². The maximum Gasteiger partial charge on any atom is 0.307 e. The third-order valence-corrected chi connectivity index (χ3v) is 1.52. The van der Waals surface area contributed by atoms with Crippen molar-refractivity contribution in [3.05, 3.63) is 0 Å². The molecule has 0 bridgehead atoms. The molecule has 0 aromatic heterocycles. The van der Waals surface area contributed by atoms with E-state index in [0.29, 0.717) is 13.0 Å². The Morgan fingerprint density at radius 2 is 1.87 bits per heavy atom. The van der Waals surface area contributed by atoms with Gasteiger partial charge in [0.15, 0.2) is 0 Å². The highest BCUT2D eigenvalue weighted by atomic mass is 35.5. The van der Waals surface area contributed by atoms with Gasteiger partial charge in [-0.05, 0) is 6.92 Å². The second-order valence-electron chi connectivity index (χ2n) is 4.24. The Balaban J connectivity index is -0.000000720. The number of carbonyl (C=O) groups excluding carboxylic acids is 1. The molecule has 0 amide bonds. The number of ether oxygens (including phenoxy) is 1. The third-order valence-electron chi connectivity index (χ3n) is 1.52. The lowest BCUT2D eigenvalue weighted by Gasteiger charge is -2.26. The SMILES string of the molecule is CCOC(=O)C[C@@H](N)C[N+](C)(C)C.Cl.[Cl-]. The second-order valence-corrected chi connectivity index (χ2v) is 4.24. The zero-order valence-corrected chi connectivity index (χ0v) is 11.4. The van der Waals surface area contributed by atoms with E-state index < -0.39 is 0 Å². The number of nitrogens with zero attached hydrogens (tertiary/aromatic N) is 1. The molecule has 0 rings (SSSR count). The molecular weight excluding hydrogens is 239 g/mol. The van der Waals surface area contributed by atoms with Crippen LogP contribution in [-0.4, -0.2) is 50.8 Å². The maximum atomic E-state index is 11.0. The lowest BCUT2D eigenvalue weighted by atomic mass is 10.2. The third kappa shape index (κ3) is 14.0. The Hall–Kier alpha value is -0.0300. The summed E-state index contributed by atoms with van der Waals surface area (Å²) in [6.45, 7) is 3.00. The summed E-state index contributed by atoms with van der Waals surface area (Å²) in [5.74, 6) is -0.205. The van der Waals surface area contributed by atoms with Crippen LogP contribution in [0.3, 0.4) is 0 Å². The van der Waals surface area contributed by atoms with Crippen LogP contribution in [0, 0.1) is 0 Å². The molecule has 0 spiro atoms. The molecule has 6 heteroatoms. The molecule has 0 aromatic rings. The van der Waals surface area contributed by atoms with Crippen molar-refractivity contribution in [3.8, 4) is 0 Å². The minimum atomic E-state index is -0.205. The van der Waals surface area contributed by atoms with E-state index in [9.17, 15) is 4.79 Å². The number of rotatable bonds is 5. The zero-order chi connectivity index (χ0) is 10.5. The van der Waals surface area contributed by atoms with E-state index in [2.05, 4.69) is 0 Å². The van der Waals surface area contributed by atoms with Crippen molar-refractivity contribution >= 4 is 18.4 Å². The Kier molecular flexibility index (Phi) is 12.5. The van der Waals surface area contributed by atoms with Crippen molar-refractivity contribution in [1.29, 1.82) is 0 Å². The Morgan fingerprint density at radius 1 is 1.40 bits per heavy atom. The summed E-state index contributed by atoms with van der Waals surface area (Å²) in [6, 6.07) is -0.112. The minimum absolute atomic E-state index is 0. The summed E-state index contributed by atoms with van der Waals surface area (Å²) in [7, 11) is 6.14. The van der Waals surface area contributed by atoms with Crippen LogP contribution in [0.15, 0.2) is 0 Å². The molecule has 0 aliphatic carbocycles. The van der Waals surface area contributed by atoms with Gasteiger partial charge in [-0.3, -0.25) is 4.79 Å². The minimum Gasteiger partial charge on any atom is -1.00 e. The molecule has 0 saturated heterocycles.